The number of nitrogens with two attached hydrogens (primary N) is 1. The summed E-state index contributed by atoms with van der Waals surface area (Å²) in [4.78, 5) is 35.6. The predicted molar refractivity (Wildman–Crippen MR) is 116 cm³/mol. The first kappa shape index (κ1) is 19.8. The lowest BCUT2D eigenvalue weighted by Crippen LogP contribution is -2.47. The molecule has 1 amide bonds. The standard InChI is InChI=1S/C24H24N4O2/c1-17(29)24(19-10-6-3-7-11-19)12-14-28(15-13-24)23-26-20(16-21(27-23)22(25)30)18-8-4-2-5-9-18/h2-11,16H,12-15H2,1H3,(H2,25,30). The molecular formula is C24H24N4O2. The Balaban J connectivity index is 1.65. The zero-order valence-corrected chi connectivity index (χ0v) is 16.9. The number of anilines is 1. The normalized spacial score (nSPS) is 15.6. The molecule has 6 nitrogen and oxygen atoms in total. The van der Waals surface area contributed by atoms with Crippen LogP contribution in [0.15, 0.2) is 66.7 Å². The second-order valence-corrected chi connectivity index (χ2v) is 7.66. The van der Waals surface area contributed by atoms with Crippen LogP contribution in [0, 0.1) is 0 Å². The van der Waals surface area contributed by atoms with Crippen LogP contribution >= 0.6 is 0 Å². The Morgan fingerprint density at radius 3 is 2.10 bits per heavy atom. The number of aromatic nitrogens is 2. The van der Waals surface area contributed by atoms with Crippen LogP contribution in [-0.2, 0) is 10.2 Å². The van der Waals surface area contributed by atoms with Crippen LogP contribution in [0.1, 0.15) is 35.8 Å². The zero-order chi connectivity index (χ0) is 21.1. The molecule has 4 rings (SSSR count). The zero-order valence-electron chi connectivity index (χ0n) is 16.9. The number of piperidine rings is 1. The first-order chi connectivity index (χ1) is 14.5. The number of primary amides is 1. The number of ketones is 1. The van der Waals surface area contributed by atoms with Gasteiger partial charge in [-0.15, -0.1) is 0 Å². The number of amides is 1. The third-order valence-corrected chi connectivity index (χ3v) is 5.94. The van der Waals surface area contributed by atoms with Crippen molar-refractivity contribution < 1.29 is 9.59 Å². The van der Waals surface area contributed by atoms with Gasteiger partial charge in [0.15, 0.2) is 0 Å². The first-order valence-corrected chi connectivity index (χ1v) is 10.1. The van der Waals surface area contributed by atoms with E-state index in [4.69, 9.17) is 10.7 Å². The van der Waals surface area contributed by atoms with Crippen molar-refractivity contribution in [2.24, 2.45) is 5.73 Å². The van der Waals surface area contributed by atoms with Gasteiger partial charge in [-0.1, -0.05) is 60.7 Å². The minimum Gasteiger partial charge on any atom is -0.364 e. The Kier molecular flexibility index (Phi) is 5.31. The van der Waals surface area contributed by atoms with E-state index in [1.54, 1.807) is 13.0 Å². The maximum absolute atomic E-state index is 12.6. The molecule has 2 N–H and O–H groups in total. The largest absolute Gasteiger partial charge is 0.364 e. The van der Waals surface area contributed by atoms with E-state index in [0.717, 1.165) is 11.1 Å². The third kappa shape index (κ3) is 3.68. The number of hydrogen-bond acceptors (Lipinski definition) is 5. The molecule has 1 saturated heterocycles. The van der Waals surface area contributed by atoms with Crippen LogP contribution in [0.4, 0.5) is 5.95 Å². The van der Waals surface area contributed by atoms with Crippen molar-refractivity contribution in [2.45, 2.75) is 25.2 Å². The molecule has 3 aromatic rings. The fraction of sp³-hybridized carbons (Fsp3) is 0.250. The van der Waals surface area contributed by atoms with Crippen LogP contribution in [0.25, 0.3) is 11.3 Å². The number of benzene rings is 2. The van der Waals surface area contributed by atoms with E-state index in [9.17, 15) is 9.59 Å². The van der Waals surface area contributed by atoms with E-state index in [1.807, 2.05) is 65.6 Å². The molecule has 0 unspecified atom stereocenters. The summed E-state index contributed by atoms with van der Waals surface area (Å²) in [5, 5.41) is 0. The summed E-state index contributed by atoms with van der Waals surface area (Å²) < 4.78 is 0. The Morgan fingerprint density at radius 1 is 0.933 bits per heavy atom. The second-order valence-electron chi connectivity index (χ2n) is 7.66. The summed E-state index contributed by atoms with van der Waals surface area (Å²) in [6.45, 7) is 2.90. The van der Waals surface area contributed by atoms with Crippen molar-refractivity contribution in [1.82, 2.24) is 9.97 Å². The van der Waals surface area contributed by atoms with Gasteiger partial charge in [-0.2, -0.15) is 0 Å². The fourth-order valence-electron chi connectivity index (χ4n) is 4.15. The lowest BCUT2D eigenvalue weighted by atomic mass is 9.70. The number of hydrogen-bond donors (Lipinski definition) is 1. The summed E-state index contributed by atoms with van der Waals surface area (Å²) in [5.74, 6) is 0.0516. The lowest BCUT2D eigenvalue weighted by Gasteiger charge is -2.40. The Hall–Kier alpha value is -3.54. The van der Waals surface area contributed by atoms with Gasteiger partial charge in [0, 0.05) is 18.7 Å². The SMILES string of the molecule is CC(=O)C1(c2ccccc2)CCN(c2nc(C(N)=O)cc(-c3ccccc3)n2)CC1. The smallest absolute Gasteiger partial charge is 0.267 e. The lowest BCUT2D eigenvalue weighted by molar-refractivity contribution is -0.123. The van der Waals surface area contributed by atoms with Crippen LogP contribution in [0.2, 0.25) is 0 Å². The van der Waals surface area contributed by atoms with Gasteiger partial charge in [0.1, 0.15) is 11.5 Å². The number of rotatable bonds is 5. The average molecular weight is 400 g/mol. The monoisotopic (exact) mass is 400 g/mol. The summed E-state index contributed by atoms with van der Waals surface area (Å²) in [5.41, 5.74) is 7.81. The van der Waals surface area contributed by atoms with E-state index in [2.05, 4.69) is 4.98 Å². The highest BCUT2D eigenvalue weighted by Gasteiger charge is 2.40. The van der Waals surface area contributed by atoms with Crippen molar-refractivity contribution in [1.29, 1.82) is 0 Å². The molecule has 0 bridgehead atoms. The van der Waals surface area contributed by atoms with Crippen molar-refractivity contribution in [2.75, 3.05) is 18.0 Å². The van der Waals surface area contributed by atoms with Crippen molar-refractivity contribution in [3.63, 3.8) is 0 Å². The average Bonchev–Trinajstić information content (AvgIpc) is 2.80. The highest BCUT2D eigenvalue weighted by atomic mass is 16.1. The highest BCUT2D eigenvalue weighted by molar-refractivity contribution is 5.92. The number of Topliss-reactive ketones (excluding diaryl/α,β-unsaturated/α-hetero) is 1. The molecule has 1 fully saturated rings. The van der Waals surface area contributed by atoms with Gasteiger partial charge in [0.25, 0.3) is 5.91 Å². The van der Waals surface area contributed by atoms with E-state index in [-0.39, 0.29) is 11.5 Å². The number of carbonyl (C=O) groups excluding carboxylic acids is 2. The molecule has 1 aliphatic heterocycles. The van der Waals surface area contributed by atoms with E-state index in [1.165, 1.54) is 0 Å². The minimum atomic E-state index is -0.588. The number of nitrogens with zero attached hydrogens (tertiary/aromatic N) is 3. The van der Waals surface area contributed by atoms with E-state index >= 15 is 0 Å². The first-order valence-electron chi connectivity index (χ1n) is 10.1. The van der Waals surface area contributed by atoms with Crippen LogP contribution < -0.4 is 10.6 Å². The molecule has 0 aliphatic carbocycles. The molecule has 0 radical (unpaired) electrons. The molecule has 152 valence electrons. The Labute approximate surface area is 175 Å². The molecule has 2 aromatic carbocycles. The fourth-order valence-corrected chi connectivity index (χ4v) is 4.15. The molecule has 1 aromatic heterocycles. The molecule has 6 heteroatoms. The maximum atomic E-state index is 12.6. The van der Waals surface area contributed by atoms with Gasteiger partial charge >= 0.3 is 0 Å². The molecule has 1 aliphatic rings. The van der Waals surface area contributed by atoms with Crippen molar-refractivity contribution in [3.05, 3.63) is 78.0 Å². The number of carbonyl (C=O) groups is 2. The highest BCUT2D eigenvalue weighted by Crippen LogP contribution is 2.37. The van der Waals surface area contributed by atoms with Gasteiger partial charge < -0.3 is 10.6 Å². The summed E-state index contributed by atoms with van der Waals surface area (Å²) >= 11 is 0. The summed E-state index contributed by atoms with van der Waals surface area (Å²) in [6, 6.07) is 21.2. The maximum Gasteiger partial charge on any atom is 0.267 e. The Morgan fingerprint density at radius 2 is 1.53 bits per heavy atom. The van der Waals surface area contributed by atoms with Crippen LogP contribution in [0.3, 0.4) is 0 Å². The van der Waals surface area contributed by atoms with E-state index in [0.29, 0.717) is 37.6 Å². The summed E-state index contributed by atoms with van der Waals surface area (Å²) in [7, 11) is 0. The minimum absolute atomic E-state index is 0.171. The third-order valence-electron chi connectivity index (χ3n) is 5.94. The Bertz CT molecular complexity index is 1060. The molecule has 0 spiro atoms. The molecule has 2 heterocycles. The molecule has 0 saturated carbocycles. The van der Waals surface area contributed by atoms with Gasteiger partial charge in [-0.25, -0.2) is 9.97 Å². The summed E-state index contributed by atoms with van der Waals surface area (Å²) in [6.07, 6.45) is 1.33. The molecule has 0 atom stereocenters. The molecule has 30 heavy (non-hydrogen) atoms. The van der Waals surface area contributed by atoms with E-state index < -0.39 is 11.3 Å². The van der Waals surface area contributed by atoms with Crippen LogP contribution in [-0.4, -0.2) is 34.7 Å². The molecular weight excluding hydrogens is 376 g/mol. The quantitative estimate of drug-likeness (QED) is 0.709. The van der Waals surface area contributed by atoms with Crippen molar-refractivity contribution >= 4 is 17.6 Å². The van der Waals surface area contributed by atoms with Gasteiger partial charge in [-0.05, 0) is 31.4 Å². The van der Waals surface area contributed by atoms with Crippen molar-refractivity contribution in [3.8, 4) is 11.3 Å². The van der Waals surface area contributed by atoms with Gasteiger partial charge in [-0.3, -0.25) is 9.59 Å². The van der Waals surface area contributed by atoms with Crippen LogP contribution in [0.5, 0.6) is 0 Å². The van der Waals surface area contributed by atoms with Gasteiger partial charge in [0.05, 0.1) is 11.1 Å². The second kappa shape index (κ2) is 8.06. The van der Waals surface area contributed by atoms with Gasteiger partial charge in [0.2, 0.25) is 5.95 Å². The predicted octanol–water partition coefficient (Wildman–Crippen LogP) is 3.37. The topological polar surface area (TPSA) is 89.2 Å².